The van der Waals surface area contributed by atoms with Crippen LogP contribution < -0.4 is 8.79 Å². The second-order valence-corrected chi connectivity index (χ2v) is 14.7. The Kier molecular flexibility index (Phi) is 3.66. The molecule has 3 rings (SSSR count). The van der Waals surface area contributed by atoms with Gasteiger partial charge in [0.2, 0.25) is 0 Å². The maximum absolute atomic E-state index is 2.61. The zero-order valence-corrected chi connectivity index (χ0v) is 15.4. The van der Waals surface area contributed by atoms with E-state index in [9.17, 15) is 0 Å². The molecular formula is C20H22Ge. The van der Waals surface area contributed by atoms with E-state index in [0.717, 1.165) is 0 Å². The molecule has 0 amide bonds. The molecule has 106 valence electrons. The monoisotopic (exact) mass is 336 g/mol. The van der Waals surface area contributed by atoms with Gasteiger partial charge in [0.05, 0.1) is 0 Å². The summed E-state index contributed by atoms with van der Waals surface area (Å²) in [7, 11) is 0. The predicted octanol–water partition coefficient (Wildman–Crippen LogP) is 4.01. The van der Waals surface area contributed by atoms with E-state index in [1.807, 2.05) is 0 Å². The van der Waals surface area contributed by atoms with Gasteiger partial charge in [0, 0.05) is 0 Å². The summed E-state index contributed by atoms with van der Waals surface area (Å²) < 4.78 is 6.38. The van der Waals surface area contributed by atoms with Crippen LogP contribution in [0.25, 0.3) is 0 Å². The average molecular weight is 335 g/mol. The molecule has 2 aromatic rings. The van der Waals surface area contributed by atoms with Gasteiger partial charge in [-0.2, -0.15) is 0 Å². The average Bonchev–Trinajstić information content (AvgIpc) is 2.71. The summed E-state index contributed by atoms with van der Waals surface area (Å²) in [6.07, 6.45) is 0. The van der Waals surface area contributed by atoms with E-state index in [1.54, 1.807) is 17.6 Å². The van der Waals surface area contributed by atoms with Gasteiger partial charge in [0.15, 0.2) is 0 Å². The van der Waals surface area contributed by atoms with Crippen molar-refractivity contribution in [2.24, 2.45) is 0 Å². The normalized spacial score (nSPS) is 17.5. The summed E-state index contributed by atoms with van der Waals surface area (Å²) >= 11 is -2.61. The van der Waals surface area contributed by atoms with E-state index in [0.29, 0.717) is 0 Å². The van der Waals surface area contributed by atoms with E-state index < -0.39 is 13.3 Å². The molecule has 1 heterocycles. The van der Waals surface area contributed by atoms with Crippen molar-refractivity contribution >= 4 is 22.1 Å². The molecule has 0 saturated carbocycles. The van der Waals surface area contributed by atoms with E-state index in [-0.39, 0.29) is 0 Å². The van der Waals surface area contributed by atoms with Gasteiger partial charge in [-0.3, -0.25) is 0 Å². The van der Waals surface area contributed by atoms with Crippen molar-refractivity contribution < 1.29 is 0 Å². The first-order valence-electron chi connectivity index (χ1n) is 7.57. The van der Waals surface area contributed by atoms with Crippen molar-refractivity contribution in [2.75, 3.05) is 0 Å². The van der Waals surface area contributed by atoms with Gasteiger partial charge in [0.25, 0.3) is 0 Å². The molecule has 0 atom stereocenters. The van der Waals surface area contributed by atoms with Crippen LogP contribution in [0.1, 0.15) is 27.7 Å². The number of hydrogen-bond acceptors (Lipinski definition) is 0. The molecule has 21 heavy (non-hydrogen) atoms. The second kappa shape index (κ2) is 5.34. The van der Waals surface area contributed by atoms with Gasteiger partial charge in [-0.05, 0) is 0 Å². The van der Waals surface area contributed by atoms with Crippen molar-refractivity contribution in [3.05, 3.63) is 80.6 Å². The molecule has 0 bridgehead atoms. The predicted molar refractivity (Wildman–Crippen MR) is 94.7 cm³/mol. The standard InChI is InChI=1S/C20H22Ge/c1-15-16(2)18(4)21(17(15)3,19-11-7-5-8-12-19)20-13-9-6-10-14-20/h5-14H,1-4H3. The first-order valence-corrected chi connectivity index (χ1v) is 11.8. The van der Waals surface area contributed by atoms with Gasteiger partial charge in [-0.15, -0.1) is 0 Å². The molecule has 2 aromatic carbocycles. The van der Waals surface area contributed by atoms with Gasteiger partial charge in [-0.1, -0.05) is 0 Å². The van der Waals surface area contributed by atoms with Crippen LogP contribution in [0.15, 0.2) is 80.6 Å². The Morgan fingerprint density at radius 1 is 0.524 bits per heavy atom. The molecule has 0 radical (unpaired) electrons. The number of hydrogen-bond donors (Lipinski definition) is 0. The fourth-order valence-electron chi connectivity index (χ4n) is 3.82. The Morgan fingerprint density at radius 2 is 0.857 bits per heavy atom. The Balaban J connectivity index is 2.39. The van der Waals surface area contributed by atoms with Crippen LogP contribution in [0.3, 0.4) is 0 Å². The van der Waals surface area contributed by atoms with Crippen molar-refractivity contribution in [2.45, 2.75) is 27.7 Å². The van der Waals surface area contributed by atoms with Gasteiger partial charge in [-0.25, -0.2) is 0 Å². The summed E-state index contributed by atoms with van der Waals surface area (Å²) in [4.78, 5) is 0. The quantitative estimate of drug-likeness (QED) is 0.728. The van der Waals surface area contributed by atoms with Crippen LogP contribution in [0.5, 0.6) is 0 Å². The fourth-order valence-corrected chi connectivity index (χ4v) is 15.4. The van der Waals surface area contributed by atoms with E-state index in [1.165, 1.54) is 11.1 Å². The Morgan fingerprint density at radius 3 is 1.19 bits per heavy atom. The first-order chi connectivity index (χ1) is 10.1. The van der Waals surface area contributed by atoms with Gasteiger partial charge in [0.1, 0.15) is 0 Å². The van der Waals surface area contributed by atoms with Crippen molar-refractivity contribution in [1.29, 1.82) is 0 Å². The molecule has 0 fully saturated rings. The SMILES string of the molecule is CC1=[C](C)[Ge]([c]2ccccc2)([c]2ccccc2)[C](C)=C1C. The van der Waals surface area contributed by atoms with Crippen LogP contribution in [0.2, 0.25) is 0 Å². The number of benzene rings is 2. The Hall–Kier alpha value is -1.54. The third-order valence-corrected chi connectivity index (χ3v) is 16.6. The Bertz CT molecular complexity index is 655. The molecule has 1 aliphatic rings. The number of rotatable bonds is 2. The molecular weight excluding hydrogens is 313 g/mol. The molecule has 1 heteroatoms. The fraction of sp³-hybridized carbons (Fsp3) is 0.200. The molecule has 0 spiro atoms. The molecule has 0 nitrogen and oxygen atoms in total. The summed E-state index contributed by atoms with van der Waals surface area (Å²) in [6.45, 7) is 9.34. The van der Waals surface area contributed by atoms with Gasteiger partial charge >= 0.3 is 130 Å². The zero-order valence-electron chi connectivity index (χ0n) is 13.3. The topological polar surface area (TPSA) is 0 Å². The van der Waals surface area contributed by atoms with Crippen molar-refractivity contribution in [3.8, 4) is 0 Å². The van der Waals surface area contributed by atoms with Crippen LogP contribution in [-0.4, -0.2) is 13.3 Å². The molecule has 0 saturated heterocycles. The summed E-state index contributed by atoms with van der Waals surface area (Å²) in [5, 5.41) is 0. The van der Waals surface area contributed by atoms with Crippen LogP contribution in [-0.2, 0) is 0 Å². The third kappa shape index (κ3) is 1.97. The maximum atomic E-state index is 2.37. The van der Waals surface area contributed by atoms with Crippen molar-refractivity contribution in [3.63, 3.8) is 0 Å². The van der Waals surface area contributed by atoms with Crippen LogP contribution >= 0.6 is 0 Å². The van der Waals surface area contributed by atoms with Crippen LogP contribution in [0, 0.1) is 0 Å². The molecule has 0 aliphatic carbocycles. The molecule has 0 aromatic heterocycles. The summed E-state index contributed by atoms with van der Waals surface area (Å²) in [6, 6.07) is 22.4. The van der Waals surface area contributed by atoms with E-state index in [4.69, 9.17) is 0 Å². The summed E-state index contributed by atoms with van der Waals surface area (Å²) in [5.41, 5.74) is 3.03. The molecule has 1 aliphatic heterocycles. The van der Waals surface area contributed by atoms with E-state index >= 15 is 0 Å². The Labute approximate surface area is 130 Å². The third-order valence-electron chi connectivity index (χ3n) is 5.23. The van der Waals surface area contributed by atoms with Gasteiger partial charge < -0.3 is 0 Å². The summed E-state index contributed by atoms with van der Waals surface area (Å²) in [5.74, 6) is 0. The molecule has 0 N–H and O–H groups in total. The molecule has 0 unspecified atom stereocenters. The minimum atomic E-state index is -2.61. The second-order valence-electron chi connectivity index (χ2n) is 5.98. The zero-order chi connectivity index (χ0) is 15.0. The number of allylic oxidation sites excluding steroid dienone is 4. The van der Waals surface area contributed by atoms with Crippen molar-refractivity contribution in [1.82, 2.24) is 0 Å². The first kappa shape index (κ1) is 14.4. The minimum absolute atomic E-state index is 1.51. The van der Waals surface area contributed by atoms with Crippen LogP contribution in [0.4, 0.5) is 0 Å². The van der Waals surface area contributed by atoms with E-state index in [2.05, 4.69) is 88.4 Å².